The molecular weight excluding hydrogens is 228 g/mol. The third kappa shape index (κ3) is 2.38. The van der Waals surface area contributed by atoms with Gasteiger partial charge < -0.3 is 5.32 Å². The highest BCUT2D eigenvalue weighted by Crippen LogP contribution is 2.09. The summed E-state index contributed by atoms with van der Waals surface area (Å²) in [5.41, 5.74) is 0.450. The third-order valence-electron chi connectivity index (χ3n) is 1.94. The number of anilines is 1. The Morgan fingerprint density at radius 2 is 2.31 bits per heavy atom. The molecule has 1 N–H and O–H groups in total. The zero-order valence-corrected chi connectivity index (χ0v) is 9.27. The molecule has 16 heavy (non-hydrogen) atoms. The van der Waals surface area contributed by atoms with Gasteiger partial charge in [0.25, 0.3) is 5.91 Å². The molecule has 0 atom stereocenters. The Balaban J connectivity index is 2.14. The Morgan fingerprint density at radius 1 is 1.50 bits per heavy atom. The van der Waals surface area contributed by atoms with Crippen molar-refractivity contribution in [1.29, 1.82) is 0 Å². The SMILES string of the molecule is Cn1ccc(NC(=O)c2ccnc(Cl)c2)n1. The molecule has 2 aromatic rings. The molecule has 0 aromatic carbocycles. The van der Waals surface area contributed by atoms with Gasteiger partial charge in [0.05, 0.1) is 0 Å². The molecule has 0 unspecified atom stereocenters. The van der Waals surface area contributed by atoms with Crippen molar-refractivity contribution in [3.63, 3.8) is 0 Å². The fraction of sp³-hybridized carbons (Fsp3) is 0.100. The van der Waals surface area contributed by atoms with Crippen LogP contribution in [0.1, 0.15) is 10.4 Å². The molecule has 0 aliphatic heterocycles. The number of halogens is 1. The molecule has 0 aliphatic rings. The van der Waals surface area contributed by atoms with E-state index in [1.54, 1.807) is 30.1 Å². The lowest BCUT2D eigenvalue weighted by molar-refractivity contribution is 0.102. The Hall–Kier alpha value is -1.88. The second kappa shape index (κ2) is 4.32. The van der Waals surface area contributed by atoms with Crippen molar-refractivity contribution in [2.75, 3.05) is 5.32 Å². The molecule has 0 spiro atoms. The fourth-order valence-electron chi connectivity index (χ4n) is 1.21. The van der Waals surface area contributed by atoms with E-state index >= 15 is 0 Å². The number of nitrogens with zero attached hydrogens (tertiary/aromatic N) is 3. The molecular formula is C10H9ClN4O. The van der Waals surface area contributed by atoms with Gasteiger partial charge in [0.15, 0.2) is 5.82 Å². The molecule has 0 aliphatic carbocycles. The highest BCUT2D eigenvalue weighted by Gasteiger charge is 2.07. The van der Waals surface area contributed by atoms with E-state index in [0.717, 1.165) is 0 Å². The topological polar surface area (TPSA) is 59.8 Å². The monoisotopic (exact) mass is 236 g/mol. The van der Waals surface area contributed by atoms with Crippen LogP contribution in [0.3, 0.4) is 0 Å². The summed E-state index contributed by atoms with van der Waals surface area (Å²) in [5.74, 6) is 0.239. The minimum Gasteiger partial charge on any atom is -0.305 e. The van der Waals surface area contributed by atoms with Gasteiger partial charge in [0.1, 0.15) is 5.15 Å². The van der Waals surface area contributed by atoms with Gasteiger partial charge in [-0.2, -0.15) is 5.10 Å². The van der Waals surface area contributed by atoms with Crippen LogP contribution in [0.5, 0.6) is 0 Å². The zero-order chi connectivity index (χ0) is 11.5. The summed E-state index contributed by atoms with van der Waals surface area (Å²) < 4.78 is 1.61. The van der Waals surface area contributed by atoms with E-state index in [2.05, 4.69) is 15.4 Å². The summed E-state index contributed by atoms with van der Waals surface area (Å²) in [5, 5.41) is 6.97. The van der Waals surface area contributed by atoms with Crippen molar-refractivity contribution in [2.45, 2.75) is 0 Å². The summed E-state index contributed by atoms with van der Waals surface area (Å²) in [6.07, 6.45) is 3.23. The lowest BCUT2D eigenvalue weighted by Gasteiger charge is -2.01. The number of pyridine rings is 1. The summed E-state index contributed by atoms with van der Waals surface area (Å²) in [6.45, 7) is 0. The van der Waals surface area contributed by atoms with E-state index in [9.17, 15) is 4.79 Å². The molecule has 6 heteroatoms. The Bertz CT molecular complexity index is 523. The molecule has 2 rings (SSSR count). The van der Waals surface area contributed by atoms with E-state index in [-0.39, 0.29) is 11.1 Å². The number of hydrogen-bond donors (Lipinski definition) is 1. The minimum atomic E-state index is -0.261. The number of aromatic nitrogens is 3. The number of carbonyl (C=O) groups is 1. The summed E-state index contributed by atoms with van der Waals surface area (Å²) in [4.78, 5) is 15.5. The van der Waals surface area contributed by atoms with Gasteiger partial charge in [-0.25, -0.2) is 4.98 Å². The van der Waals surface area contributed by atoms with E-state index < -0.39 is 0 Å². The molecule has 0 saturated carbocycles. The van der Waals surface area contributed by atoms with Crippen molar-refractivity contribution in [3.8, 4) is 0 Å². The summed E-state index contributed by atoms with van der Waals surface area (Å²) in [6, 6.07) is 4.80. The van der Waals surface area contributed by atoms with Crippen LogP contribution in [0.2, 0.25) is 5.15 Å². The van der Waals surface area contributed by atoms with E-state index in [1.807, 2.05) is 0 Å². The smallest absolute Gasteiger partial charge is 0.257 e. The predicted octanol–water partition coefficient (Wildman–Crippen LogP) is 1.72. The van der Waals surface area contributed by atoms with E-state index in [0.29, 0.717) is 11.4 Å². The molecule has 2 heterocycles. The van der Waals surface area contributed by atoms with Gasteiger partial charge in [-0.3, -0.25) is 9.48 Å². The molecule has 0 fully saturated rings. The second-order valence-electron chi connectivity index (χ2n) is 3.20. The van der Waals surface area contributed by atoms with Gasteiger partial charge in [-0.1, -0.05) is 11.6 Å². The number of carbonyl (C=O) groups excluding carboxylic acids is 1. The maximum Gasteiger partial charge on any atom is 0.257 e. The van der Waals surface area contributed by atoms with Crippen LogP contribution >= 0.6 is 11.6 Å². The standard InChI is InChI=1S/C10H9ClN4O/c1-15-5-3-9(14-15)13-10(16)7-2-4-12-8(11)6-7/h2-6H,1H3,(H,13,14,16). The van der Waals surface area contributed by atoms with Crippen molar-refractivity contribution >= 4 is 23.3 Å². The molecule has 5 nitrogen and oxygen atoms in total. The first kappa shape index (κ1) is 10.6. The van der Waals surface area contributed by atoms with Gasteiger partial charge in [0.2, 0.25) is 0 Å². The number of rotatable bonds is 2. The first-order chi connectivity index (χ1) is 7.65. The van der Waals surface area contributed by atoms with Crippen molar-refractivity contribution < 1.29 is 4.79 Å². The number of nitrogens with one attached hydrogen (secondary N) is 1. The van der Waals surface area contributed by atoms with Crippen LogP contribution in [0, 0.1) is 0 Å². The second-order valence-corrected chi connectivity index (χ2v) is 3.58. The summed E-state index contributed by atoms with van der Waals surface area (Å²) in [7, 11) is 1.78. The maximum atomic E-state index is 11.7. The van der Waals surface area contributed by atoms with Gasteiger partial charge in [0, 0.05) is 31.1 Å². The Labute approximate surface area is 97.1 Å². The average Bonchev–Trinajstić information content (AvgIpc) is 2.64. The van der Waals surface area contributed by atoms with Crippen molar-refractivity contribution in [2.24, 2.45) is 7.05 Å². The largest absolute Gasteiger partial charge is 0.305 e. The minimum absolute atomic E-state index is 0.261. The molecule has 0 saturated heterocycles. The van der Waals surface area contributed by atoms with Gasteiger partial charge >= 0.3 is 0 Å². The van der Waals surface area contributed by atoms with Crippen LogP contribution in [-0.4, -0.2) is 20.7 Å². The van der Waals surface area contributed by atoms with Crippen molar-refractivity contribution in [1.82, 2.24) is 14.8 Å². The van der Waals surface area contributed by atoms with Gasteiger partial charge in [-0.15, -0.1) is 0 Å². The quantitative estimate of drug-likeness (QED) is 0.808. The third-order valence-corrected chi connectivity index (χ3v) is 2.15. The molecule has 2 aromatic heterocycles. The highest BCUT2D eigenvalue weighted by molar-refractivity contribution is 6.29. The van der Waals surface area contributed by atoms with Crippen LogP contribution < -0.4 is 5.32 Å². The van der Waals surface area contributed by atoms with Crippen LogP contribution in [0.25, 0.3) is 0 Å². The Kier molecular flexibility index (Phi) is 2.87. The fourth-order valence-corrected chi connectivity index (χ4v) is 1.39. The van der Waals surface area contributed by atoms with Gasteiger partial charge in [-0.05, 0) is 12.1 Å². The predicted molar refractivity (Wildman–Crippen MR) is 60.4 cm³/mol. The maximum absolute atomic E-state index is 11.7. The molecule has 1 amide bonds. The molecule has 0 bridgehead atoms. The number of amides is 1. The number of hydrogen-bond acceptors (Lipinski definition) is 3. The first-order valence-corrected chi connectivity index (χ1v) is 4.95. The lowest BCUT2D eigenvalue weighted by atomic mass is 10.2. The highest BCUT2D eigenvalue weighted by atomic mass is 35.5. The van der Waals surface area contributed by atoms with Crippen molar-refractivity contribution in [3.05, 3.63) is 41.3 Å². The van der Waals surface area contributed by atoms with Crippen LogP contribution in [0.15, 0.2) is 30.6 Å². The van der Waals surface area contributed by atoms with E-state index in [4.69, 9.17) is 11.6 Å². The van der Waals surface area contributed by atoms with E-state index in [1.165, 1.54) is 12.3 Å². The normalized spacial score (nSPS) is 10.1. The Morgan fingerprint density at radius 3 is 2.94 bits per heavy atom. The zero-order valence-electron chi connectivity index (χ0n) is 8.51. The number of aryl methyl sites for hydroxylation is 1. The average molecular weight is 237 g/mol. The summed E-state index contributed by atoms with van der Waals surface area (Å²) >= 11 is 5.69. The molecule has 82 valence electrons. The van der Waals surface area contributed by atoms with Crippen LogP contribution in [0.4, 0.5) is 5.82 Å². The molecule has 0 radical (unpaired) electrons. The lowest BCUT2D eigenvalue weighted by Crippen LogP contribution is -2.12. The first-order valence-electron chi connectivity index (χ1n) is 4.58. The van der Waals surface area contributed by atoms with Crippen LogP contribution in [-0.2, 0) is 7.05 Å².